The largest absolute Gasteiger partial charge is 0.494 e. The van der Waals surface area contributed by atoms with Crippen molar-refractivity contribution < 1.29 is 23.8 Å². The molecule has 0 radical (unpaired) electrons. The van der Waals surface area contributed by atoms with Crippen molar-refractivity contribution in [3.8, 4) is 23.0 Å². The summed E-state index contributed by atoms with van der Waals surface area (Å²) in [4.78, 5) is 16.1. The van der Waals surface area contributed by atoms with E-state index < -0.39 is 0 Å². The number of nitrogens with one attached hydrogen (secondary N) is 1. The molecular weight excluding hydrogens is 420 g/mol. The zero-order valence-corrected chi connectivity index (χ0v) is 17.5. The molecule has 4 aromatic rings. The number of ether oxygens (including phenoxy) is 2. The Morgan fingerprint density at radius 1 is 1.19 bits per heavy atom. The highest BCUT2D eigenvalue weighted by Gasteiger charge is 2.14. The van der Waals surface area contributed by atoms with Crippen LogP contribution in [0.3, 0.4) is 0 Å². The van der Waals surface area contributed by atoms with Crippen LogP contribution in [-0.4, -0.2) is 53.1 Å². The topological polar surface area (TPSA) is 120 Å². The molecule has 0 fully saturated rings. The number of aliphatic hydroxyl groups excluding tert-OH is 1. The molecule has 0 aliphatic rings. The van der Waals surface area contributed by atoms with E-state index in [4.69, 9.17) is 19.0 Å². The SMILES string of the molecule is COc1cccc2sc(Cc3nnc(-c4ccc(OCC(=O)NCCO)cc4)o3)nc12. The molecule has 0 bridgehead atoms. The number of carbonyl (C=O) groups excluding carboxylic acids is 1. The van der Waals surface area contributed by atoms with Gasteiger partial charge in [-0.05, 0) is 36.4 Å². The fraction of sp³-hybridized carbons (Fsp3) is 0.238. The lowest BCUT2D eigenvalue weighted by atomic mass is 10.2. The van der Waals surface area contributed by atoms with Crippen LogP contribution in [0.4, 0.5) is 0 Å². The number of rotatable bonds is 9. The Balaban J connectivity index is 1.40. The molecule has 2 N–H and O–H groups in total. The van der Waals surface area contributed by atoms with Crippen LogP contribution in [-0.2, 0) is 11.2 Å². The number of methoxy groups -OCH3 is 1. The van der Waals surface area contributed by atoms with Gasteiger partial charge in [-0.2, -0.15) is 0 Å². The highest BCUT2D eigenvalue weighted by molar-refractivity contribution is 7.18. The Bertz CT molecular complexity index is 1170. The van der Waals surface area contributed by atoms with Crippen LogP contribution in [0, 0.1) is 0 Å². The normalized spacial score (nSPS) is 10.9. The van der Waals surface area contributed by atoms with Gasteiger partial charge >= 0.3 is 0 Å². The lowest BCUT2D eigenvalue weighted by Crippen LogP contribution is -2.31. The summed E-state index contributed by atoms with van der Waals surface area (Å²) in [5.41, 5.74) is 1.56. The predicted octanol–water partition coefficient (Wildman–Crippen LogP) is 2.43. The van der Waals surface area contributed by atoms with E-state index in [1.165, 1.54) is 0 Å². The summed E-state index contributed by atoms with van der Waals surface area (Å²) in [5, 5.41) is 20.3. The van der Waals surface area contributed by atoms with Gasteiger partial charge in [-0.15, -0.1) is 21.5 Å². The van der Waals surface area contributed by atoms with Crippen molar-refractivity contribution in [1.82, 2.24) is 20.5 Å². The van der Waals surface area contributed by atoms with Gasteiger partial charge in [0, 0.05) is 12.1 Å². The first-order valence-electron chi connectivity index (χ1n) is 9.52. The maximum Gasteiger partial charge on any atom is 0.258 e. The molecule has 0 saturated heterocycles. The van der Waals surface area contributed by atoms with Crippen molar-refractivity contribution in [2.45, 2.75) is 6.42 Å². The molecule has 10 heteroatoms. The number of hydrogen-bond donors (Lipinski definition) is 2. The van der Waals surface area contributed by atoms with Gasteiger partial charge in [0.25, 0.3) is 5.91 Å². The van der Waals surface area contributed by atoms with Crippen LogP contribution in [0.15, 0.2) is 46.9 Å². The second-order valence-electron chi connectivity index (χ2n) is 6.48. The third-order valence-electron chi connectivity index (χ3n) is 4.32. The van der Waals surface area contributed by atoms with Crippen molar-refractivity contribution in [3.63, 3.8) is 0 Å². The first-order valence-corrected chi connectivity index (χ1v) is 10.3. The molecule has 0 aliphatic heterocycles. The molecule has 31 heavy (non-hydrogen) atoms. The number of aromatic nitrogens is 3. The molecule has 0 aliphatic carbocycles. The third kappa shape index (κ3) is 4.98. The second-order valence-corrected chi connectivity index (χ2v) is 7.59. The molecule has 0 spiro atoms. The Labute approximate surface area is 181 Å². The van der Waals surface area contributed by atoms with Crippen molar-refractivity contribution in [1.29, 1.82) is 0 Å². The zero-order chi connectivity index (χ0) is 21.6. The maximum absolute atomic E-state index is 11.5. The van der Waals surface area contributed by atoms with Crippen LogP contribution < -0.4 is 14.8 Å². The van der Waals surface area contributed by atoms with Gasteiger partial charge in [-0.3, -0.25) is 4.79 Å². The fourth-order valence-corrected chi connectivity index (χ4v) is 3.85. The monoisotopic (exact) mass is 440 g/mol. The molecule has 1 amide bonds. The summed E-state index contributed by atoms with van der Waals surface area (Å²) in [6.45, 7) is -0.0397. The van der Waals surface area contributed by atoms with Gasteiger partial charge in [0.15, 0.2) is 6.61 Å². The molecule has 4 rings (SSSR count). The molecule has 2 heterocycles. The van der Waals surface area contributed by atoms with Gasteiger partial charge in [-0.1, -0.05) is 6.07 Å². The van der Waals surface area contributed by atoms with Gasteiger partial charge < -0.3 is 24.3 Å². The number of para-hydroxylation sites is 1. The van der Waals surface area contributed by atoms with Crippen molar-refractivity contribution in [3.05, 3.63) is 53.4 Å². The minimum Gasteiger partial charge on any atom is -0.494 e. The lowest BCUT2D eigenvalue weighted by Gasteiger charge is -2.06. The van der Waals surface area contributed by atoms with E-state index in [9.17, 15) is 4.79 Å². The van der Waals surface area contributed by atoms with Gasteiger partial charge in [-0.25, -0.2) is 4.98 Å². The number of carbonyl (C=O) groups is 1. The van der Waals surface area contributed by atoms with E-state index in [0.29, 0.717) is 24.0 Å². The number of fused-ring (bicyclic) bond motifs is 1. The summed E-state index contributed by atoms with van der Waals surface area (Å²) in [5.74, 6) is 1.83. The smallest absolute Gasteiger partial charge is 0.258 e. The highest BCUT2D eigenvalue weighted by atomic mass is 32.1. The van der Waals surface area contributed by atoms with Crippen LogP contribution in [0.1, 0.15) is 10.9 Å². The highest BCUT2D eigenvalue weighted by Crippen LogP contribution is 2.31. The Kier molecular flexibility index (Phi) is 6.39. The summed E-state index contributed by atoms with van der Waals surface area (Å²) >= 11 is 1.56. The number of aliphatic hydroxyl groups is 1. The van der Waals surface area contributed by atoms with E-state index in [-0.39, 0.29) is 25.7 Å². The molecule has 2 aromatic carbocycles. The number of nitrogens with zero attached hydrogens (tertiary/aromatic N) is 3. The average Bonchev–Trinajstić information content (AvgIpc) is 3.43. The third-order valence-corrected chi connectivity index (χ3v) is 5.34. The first-order chi connectivity index (χ1) is 15.2. The lowest BCUT2D eigenvalue weighted by molar-refractivity contribution is -0.123. The zero-order valence-electron chi connectivity index (χ0n) is 16.7. The molecule has 160 valence electrons. The van der Waals surface area contributed by atoms with Crippen molar-refractivity contribution >= 4 is 27.5 Å². The van der Waals surface area contributed by atoms with Gasteiger partial charge in [0.1, 0.15) is 22.0 Å². The second kappa shape index (κ2) is 9.54. The number of hydrogen-bond acceptors (Lipinski definition) is 9. The summed E-state index contributed by atoms with van der Waals surface area (Å²) < 4.78 is 17.6. The molecule has 0 atom stereocenters. The molecule has 0 saturated carbocycles. The predicted molar refractivity (Wildman–Crippen MR) is 114 cm³/mol. The van der Waals surface area contributed by atoms with E-state index in [1.54, 1.807) is 42.7 Å². The Morgan fingerprint density at radius 2 is 2.03 bits per heavy atom. The standard InChI is InChI=1S/C21H20N4O5S/c1-28-15-3-2-4-16-20(15)23-19(31-16)11-18-24-25-21(30-18)13-5-7-14(8-6-13)29-12-17(27)22-9-10-26/h2-8,26H,9-12H2,1H3,(H,22,27). The first kappa shape index (κ1) is 20.8. The molecule has 0 unspecified atom stereocenters. The maximum atomic E-state index is 11.5. The summed E-state index contributed by atoms with van der Waals surface area (Å²) in [6, 6.07) is 12.8. The molecular formula is C21H20N4O5S. The fourth-order valence-electron chi connectivity index (χ4n) is 2.87. The summed E-state index contributed by atoms with van der Waals surface area (Å²) in [6.07, 6.45) is 0.430. The molecule has 2 aromatic heterocycles. The molecule has 9 nitrogen and oxygen atoms in total. The Morgan fingerprint density at radius 3 is 2.81 bits per heavy atom. The van der Waals surface area contributed by atoms with Gasteiger partial charge in [0.05, 0.1) is 24.8 Å². The quantitative estimate of drug-likeness (QED) is 0.407. The van der Waals surface area contributed by atoms with Crippen molar-refractivity contribution in [2.75, 3.05) is 26.9 Å². The minimum atomic E-state index is -0.299. The number of amides is 1. The number of benzene rings is 2. The van der Waals surface area contributed by atoms with Gasteiger partial charge in [0.2, 0.25) is 11.8 Å². The van der Waals surface area contributed by atoms with E-state index in [2.05, 4.69) is 20.5 Å². The van der Waals surface area contributed by atoms with E-state index >= 15 is 0 Å². The van der Waals surface area contributed by atoms with Crippen molar-refractivity contribution in [2.24, 2.45) is 0 Å². The van der Waals surface area contributed by atoms with E-state index in [1.807, 2.05) is 18.2 Å². The van der Waals surface area contributed by atoms with Crippen LogP contribution in [0.25, 0.3) is 21.7 Å². The van der Waals surface area contributed by atoms with E-state index in [0.717, 1.165) is 26.5 Å². The van der Waals surface area contributed by atoms with Crippen LogP contribution in [0.2, 0.25) is 0 Å². The minimum absolute atomic E-state index is 0.111. The number of thiazole rings is 1. The Hall–Kier alpha value is -3.50. The summed E-state index contributed by atoms with van der Waals surface area (Å²) in [7, 11) is 1.63. The average molecular weight is 440 g/mol. The van der Waals surface area contributed by atoms with Crippen LogP contribution >= 0.6 is 11.3 Å². The van der Waals surface area contributed by atoms with Crippen LogP contribution in [0.5, 0.6) is 11.5 Å².